The fourth-order valence-corrected chi connectivity index (χ4v) is 2.12. The maximum atomic E-state index is 5.62. The third kappa shape index (κ3) is 12.2. The first kappa shape index (κ1) is 21.0. The molecule has 1 aliphatic rings. The Morgan fingerprint density at radius 1 is 1.29 bits per heavy atom. The molecule has 1 unspecified atom stereocenters. The van der Waals surface area contributed by atoms with Gasteiger partial charge in [-0.2, -0.15) is 0 Å². The van der Waals surface area contributed by atoms with Crippen LogP contribution in [0, 0.1) is 5.92 Å². The van der Waals surface area contributed by atoms with Gasteiger partial charge in [-0.3, -0.25) is 4.99 Å². The molecular formula is C16H34IN3O. The molecule has 1 atom stereocenters. The van der Waals surface area contributed by atoms with E-state index in [2.05, 4.69) is 29.5 Å². The fraction of sp³-hybridized carbons (Fsp3) is 0.938. The zero-order valence-electron chi connectivity index (χ0n) is 14.0. The number of aliphatic imine (C=N–C) groups is 1. The van der Waals surface area contributed by atoms with Crippen molar-refractivity contribution in [2.45, 2.75) is 64.8 Å². The lowest BCUT2D eigenvalue weighted by atomic mass is 10.1. The molecular weight excluding hydrogens is 377 g/mol. The van der Waals surface area contributed by atoms with E-state index in [1.165, 1.54) is 38.5 Å². The van der Waals surface area contributed by atoms with Gasteiger partial charge in [0.15, 0.2) is 5.96 Å². The molecule has 0 radical (unpaired) electrons. The molecule has 0 aromatic heterocycles. The Balaban J connectivity index is 0.00000400. The van der Waals surface area contributed by atoms with Gasteiger partial charge >= 0.3 is 0 Å². The van der Waals surface area contributed by atoms with E-state index in [0.717, 1.165) is 38.1 Å². The Labute approximate surface area is 147 Å². The topological polar surface area (TPSA) is 45.7 Å². The second-order valence-corrected chi connectivity index (χ2v) is 5.91. The molecule has 0 saturated heterocycles. The van der Waals surface area contributed by atoms with Gasteiger partial charge in [-0.05, 0) is 38.5 Å². The van der Waals surface area contributed by atoms with Gasteiger partial charge in [0.25, 0.3) is 0 Å². The largest absolute Gasteiger partial charge is 0.381 e. The number of unbranched alkanes of at least 4 members (excludes halogenated alkanes) is 2. The summed E-state index contributed by atoms with van der Waals surface area (Å²) in [5.74, 6) is 1.78. The summed E-state index contributed by atoms with van der Waals surface area (Å²) in [5.41, 5.74) is 0. The molecule has 1 rings (SSSR count). The molecule has 21 heavy (non-hydrogen) atoms. The van der Waals surface area contributed by atoms with Crippen LogP contribution in [0.4, 0.5) is 0 Å². The average Bonchev–Trinajstić information content (AvgIpc) is 3.25. The van der Waals surface area contributed by atoms with Crippen LogP contribution in [0.2, 0.25) is 0 Å². The van der Waals surface area contributed by atoms with Gasteiger partial charge in [0.1, 0.15) is 0 Å². The smallest absolute Gasteiger partial charge is 0.191 e. The van der Waals surface area contributed by atoms with Gasteiger partial charge < -0.3 is 15.4 Å². The first-order chi connectivity index (χ1) is 9.76. The highest BCUT2D eigenvalue weighted by Crippen LogP contribution is 2.28. The van der Waals surface area contributed by atoms with Crippen LogP contribution in [-0.2, 0) is 4.74 Å². The summed E-state index contributed by atoms with van der Waals surface area (Å²) in [6.45, 7) is 7.20. The van der Waals surface area contributed by atoms with Crippen molar-refractivity contribution < 1.29 is 4.74 Å². The monoisotopic (exact) mass is 411 g/mol. The predicted octanol–water partition coefficient (Wildman–Crippen LogP) is 3.55. The Morgan fingerprint density at radius 2 is 2.05 bits per heavy atom. The molecule has 126 valence electrons. The lowest BCUT2D eigenvalue weighted by molar-refractivity contribution is 0.123. The second kappa shape index (κ2) is 13.6. The molecule has 4 nitrogen and oxygen atoms in total. The Morgan fingerprint density at radius 3 is 2.67 bits per heavy atom. The van der Waals surface area contributed by atoms with Gasteiger partial charge in [-0.25, -0.2) is 0 Å². The minimum Gasteiger partial charge on any atom is -0.381 e. The van der Waals surface area contributed by atoms with E-state index in [0.29, 0.717) is 6.04 Å². The van der Waals surface area contributed by atoms with Crippen molar-refractivity contribution in [1.29, 1.82) is 0 Å². The standard InChI is InChI=1S/C16H33N3O.HI/c1-4-5-6-8-14(2)19-16(17-3)18-11-7-12-20-13-15-9-10-15;/h14-15H,4-13H2,1-3H3,(H2,17,18,19);1H. The van der Waals surface area contributed by atoms with Crippen LogP contribution < -0.4 is 10.6 Å². The van der Waals surface area contributed by atoms with Crippen molar-refractivity contribution in [3.63, 3.8) is 0 Å². The molecule has 0 aliphatic heterocycles. The highest BCUT2D eigenvalue weighted by Gasteiger charge is 2.20. The summed E-state index contributed by atoms with van der Waals surface area (Å²) in [6.07, 6.45) is 8.86. The molecule has 2 N–H and O–H groups in total. The number of hydrogen-bond donors (Lipinski definition) is 2. The zero-order chi connectivity index (χ0) is 14.6. The van der Waals surface area contributed by atoms with Crippen molar-refractivity contribution in [3.8, 4) is 0 Å². The summed E-state index contributed by atoms with van der Waals surface area (Å²) in [5, 5.41) is 6.80. The van der Waals surface area contributed by atoms with Gasteiger partial charge in [-0.15, -0.1) is 24.0 Å². The maximum Gasteiger partial charge on any atom is 0.191 e. The highest BCUT2D eigenvalue weighted by molar-refractivity contribution is 14.0. The summed E-state index contributed by atoms with van der Waals surface area (Å²) in [7, 11) is 1.83. The van der Waals surface area contributed by atoms with Crippen LogP contribution in [-0.4, -0.2) is 38.8 Å². The van der Waals surface area contributed by atoms with Crippen LogP contribution in [0.25, 0.3) is 0 Å². The molecule has 0 amide bonds. The lowest BCUT2D eigenvalue weighted by Crippen LogP contribution is -2.42. The number of rotatable bonds is 11. The van der Waals surface area contributed by atoms with E-state index in [-0.39, 0.29) is 24.0 Å². The van der Waals surface area contributed by atoms with Crippen molar-refractivity contribution >= 4 is 29.9 Å². The van der Waals surface area contributed by atoms with Crippen LogP contribution in [0.15, 0.2) is 4.99 Å². The zero-order valence-corrected chi connectivity index (χ0v) is 16.3. The number of halogens is 1. The van der Waals surface area contributed by atoms with Crippen LogP contribution in [0.3, 0.4) is 0 Å². The number of nitrogens with zero attached hydrogens (tertiary/aromatic N) is 1. The van der Waals surface area contributed by atoms with Crippen LogP contribution >= 0.6 is 24.0 Å². The van der Waals surface area contributed by atoms with Crippen LogP contribution in [0.5, 0.6) is 0 Å². The summed E-state index contributed by atoms with van der Waals surface area (Å²) in [6, 6.07) is 0.485. The first-order valence-corrected chi connectivity index (χ1v) is 8.31. The van der Waals surface area contributed by atoms with Gasteiger partial charge in [0.2, 0.25) is 0 Å². The quantitative estimate of drug-likeness (QED) is 0.237. The maximum absolute atomic E-state index is 5.62. The van der Waals surface area contributed by atoms with Crippen molar-refractivity contribution in [3.05, 3.63) is 0 Å². The van der Waals surface area contributed by atoms with E-state index in [4.69, 9.17) is 4.74 Å². The molecule has 0 spiro atoms. The molecule has 5 heteroatoms. The molecule has 0 aromatic rings. The normalized spacial score (nSPS) is 16.2. The number of ether oxygens (including phenoxy) is 1. The molecule has 1 saturated carbocycles. The Hall–Kier alpha value is -0.0400. The Bertz CT molecular complexity index is 270. The third-order valence-electron chi connectivity index (χ3n) is 3.66. The molecule has 0 heterocycles. The first-order valence-electron chi connectivity index (χ1n) is 8.31. The molecule has 0 aromatic carbocycles. The summed E-state index contributed by atoms with van der Waals surface area (Å²) < 4.78 is 5.62. The predicted molar refractivity (Wildman–Crippen MR) is 102 cm³/mol. The van der Waals surface area contributed by atoms with Crippen molar-refractivity contribution in [2.24, 2.45) is 10.9 Å². The Kier molecular flexibility index (Phi) is 13.6. The van der Waals surface area contributed by atoms with E-state index in [9.17, 15) is 0 Å². The summed E-state index contributed by atoms with van der Waals surface area (Å²) >= 11 is 0. The SMILES string of the molecule is CCCCCC(C)NC(=NC)NCCCOCC1CC1.I. The minimum absolute atomic E-state index is 0. The van der Waals surface area contributed by atoms with Gasteiger partial charge in [-0.1, -0.05) is 26.2 Å². The minimum atomic E-state index is 0. The number of hydrogen-bond acceptors (Lipinski definition) is 2. The van der Waals surface area contributed by atoms with E-state index < -0.39 is 0 Å². The number of nitrogens with one attached hydrogen (secondary N) is 2. The molecule has 1 aliphatic carbocycles. The average molecular weight is 411 g/mol. The molecule has 0 bridgehead atoms. The third-order valence-corrected chi connectivity index (χ3v) is 3.66. The van der Waals surface area contributed by atoms with E-state index >= 15 is 0 Å². The number of guanidine groups is 1. The second-order valence-electron chi connectivity index (χ2n) is 5.91. The van der Waals surface area contributed by atoms with Gasteiger partial charge in [0.05, 0.1) is 0 Å². The summed E-state index contributed by atoms with van der Waals surface area (Å²) in [4.78, 5) is 4.27. The van der Waals surface area contributed by atoms with Crippen LogP contribution in [0.1, 0.15) is 58.8 Å². The van der Waals surface area contributed by atoms with E-state index in [1.807, 2.05) is 7.05 Å². The van der Waals surface area contributed by atoms with E-state index in [1.54, 1.807) is 0 Å². The molecule has 1 fully saturated rings. The van der Waals surface area contributed by atoms with Gasteiger partial charge in [0, 0.05) is 32.8 Å². The van der Waals surface area contributed by atoms with Crippen molar-refractivity contribution in [1.82, 2.24) is 10.6 Å². The lowest BCUT2D eigenvalue weighted by Gasteiger charge is -2.17. The van der Waals surface area contributed by atoms with Crippen molar-refractivity contribution in [2.75, 3.05) is 26.8 Å². The fourth-order valence-electron chi connectivity index (χ4n) is 2.12. The highest BCUT2D eigenvalue weighted by atomic mass is 127.